The summed E-state index contributed by atoms with van der Waals surface area (Å²) in [7, 11) is -3.65. The molecule has 1 aromatic heterocycles. The third kappa shape index (κ3) is 3.28. The molecular formula is C15H15NO4S. The van der Waals surface area contributed by atoms with Gasteiger partial charge >= 0.3 is 5.97 Å². The fourth-order valence-electron chi connectivity index (χ4n) is 2.03. The van der Waals surface area contributed by atoms with Gasteiger partial charge in [-0.2, -0.15) is 0 Å². The van der Waals surface area contributed by atoms with Crippen LogP contribution >= 0.6 is 0 Å². The third-order valence-corrected chi connectivity index (χ3v) is 5.04. The molecule has 0 aliphatic rings. The molecule has 0 unspecified atom stereocenters. The van der Waals surface area contributed by atoms with Crippen molar-refractivity contribution >= 4 is 15.8 Å². The number of carboxylic acid groups (broad SMARTS) is 1. The summed E-state index contributed by atoms with van der Waals surface area (Å²) < 4.78 is 25.0. The minimum absolute atomic E-state index is 0.0299. The topological polar surface area (TPSA) is 84.3 Å². The number of carbonyl (C=O) groups is 1. The molecule has 1 aromatic carbocycles. The number of aryl methyl sites for hydroxylation is 1. The van der Waals surface area contributed by atoms with E-state index in [1.807, 2.05) is 0 Å². The summed E-state index contributed by atoms with van der Waals surface area (Å²) in [6.07, 6.45) is 1.52. The summed E-state index contributed by atoms with van der Waals surface area (Å²) in [6.45, 7) is 3.37. The number of sulfone groups is 1. The molecule has 2 aromatic rings. The minimum Gasteiger partial charge on any atom is -0.478 e. The Morgan fingerprint density at radius 3 is 2.52 bits per heavy atom. The monoisotopic (exact) mass is 305 g/mol. The Morgan fingerprint density at radius 1 is 1.24 bits per heavy atom. The minimum atomic E-state index is -3.65. The Kier molecular flexibility index (Phi) is 4.09. The predicted molar refractivity (Wildman–Crippen MR) is 78.0 cm³/mol. The summed E-state index contributed by atoms with van der Waals surface area (Å²) in [6, 6.07) is 7.72. The summed E-state index contributed by atoms with van der Waals surface area (Å²) in [5, 5.41) is 9.07. The molecule has 0 atom stereocenters. The van der Waals surface area contributed by atoms with E-state index in [2.05, 4.69) is 4.98 Å². The first-order chi connectivity index (χ1) is 9.81. The molecule has 0 fully saturated rings. The molecule has 0 radical (unpaired) electrons. The Hall–Kier alpha value is -2.21. The lowest BCUT2D eigenvalue weighted by atomic mass is 10.1. The van der Waals surface area contributed by atoms with E-state index in [0.29, 0.717) is 16.8 Å². The fraction of sp³-hybridized carbons (Fsp3) is 0.200. The van der Waals surface area contributed by atoms with Crippen LogP contribution in [0.3, 0.4) is 0 Å². The largest absolute Gasteiger partial charge is 0.478 e. The van der Waals surface area contributed by atoms with Crippen LogP contribution in [0.15, 0.2) is 41.4 Å². The molecule has 1 heterocycles. The van der Waals surface area contributed by atoms with Gasteiger partial charge < -0.3 is 5.11 Å². The molecule has 1 N–H and O–H groups in total. The van der Waals surface area contributed by atoms with Crippen LogP contribution < -0.4 is 0 Å². The third-order valence-electron chi connectivity index (χ3n) is 3.27. The second-order valence-electron chi connectivity index (χ2n) is 4.80. The number of nitrogens with zero attached hydrogens (tertiary/aromatic N) is 1. The molecule has 2 rings (SSSR count). The quantitative estimate of drug-likeness (QED) is 0.937. The van der Waals surface area contributed by atoms with Crippen molar-refractivity contribution in [1.29, 1.82) is 0 Å². The van der Waals surface area contributed by atoms with E-state index < -0.39 is 15.8 Å². The zero-order valence-corrected chi connectivity index (χ0v) is 12.5. The van der Waals surface area contributed by atoms with Crippen LogP contribution in [0.5, 0.6) is 0 Å². The van der Waals surface area contributed by atoms with E-state index in [9.17, 15) is 13.2 Å². The van der Waals surface area contributed by atoms with Crippen molar-refractivity contribution < 1.29 is 18.3 Å². The van der Waals surface area contributed by atoms with Gasteiger partial charge in [0.25, 0.3) is 0 Å². The fourth-order valence-corrected chi connectivity index (χ4v) is 3.68. The molecule has 21 heavy (non-hydrogen) atoms. The van der Waals surface area contributed by atoms with Crippen molar-refractivity contribution in [2.24, 2.45) is 0 Å². The normalized spacial score (nSPS) is 11.3. The average molecular weight is 305 g/mol. The second kappa shape index (κ2) is 5.65. The van der Waals surface area contributed by atoms with Gasteiger partial charge in [0.15, 0.2) is 9.84 Å². The van der Waals surface area contributed by atoms with Crippen molar-refractivity contribution in [3.8, 4) is 0 Å². The zero-order valence-electron chi connectivity index (χ0n) is 11.7. The lowest BCUT2D eigenvalue weighted by Gasteiger charge is -2.11. The number of rotatable bonds is 4. The molecule has 110 valence electrons. The Labute approximate surface area is 123 Å². The highest BCUT2D eigenvalue weighted by molar-refractivity contribution is 7.90. The number of aromatic carboxylic acids is 1. The van der Waals surface area contributed by atoms with E-state index in [1.54, 1.807) is 32.0 Å². The van der Waals surface area contributed by atoms with Crippen LogP contribution in [0.4, 0.5) is 0 Å². The molecule has 0 saturated heterocycles. The van der Waals surface area contributed by atoms with Crippen LogP contribution in [0.1, 0.15) is 27.2 Å². The first-order valence-electron chi connectivity index (χ1n) is 6.28. The average Bonchev–Trinajstić information content (AvgIpc) is 2.41. The predicted octanol–water partition coefficient (Wildman–Crippen LogP) is 2.37. The molecule has 5 nitrogen and oxygen atoms in total. The molecule has 0 amide bonds. The summed E-state index contributed by atoms with van der Waals surface area (Å²) in [5.41, 5.74) is 1.60. The van der Waals surface area contributed by atoms with Crippen LogP contribution in [0, 0.1) is 13.8 Å². The van der Waals surface area contributed by atoms with Gasteiger partial charge in [0.1, 0.15) is 0 Å². The van der Waals surface area contributed by atoms with Crippen molar-refractivity contribution in [1.82, 2.24) is 4.98 Å². The number of pyridine rings is 1. The number of benzene rings is 1. The van der Waals surface area contributed by atoms with E-state index in [1.165, 1.54) is 18.3 Å². The van der Waals surface area contributed by atoms with Crippen LogP contribution in [0.25, 0.3) is 0 Å². The Balaban J connectivity index is 2.52. The molecule has 0 bridgehead atoms. The second-order valence-corrected chi connectivity index (χ2v) is 6.76. The maximum atomic E-state index is 12.5. The van der Waals surface area contributed by atoms with Crippen molar-refractivity contribution in [2.75, 3.05) is 0 Å². The first-order valence-corrected chi connectivity index (χ1v) is 7.93. The van der Waals surface area contributed by atoms with Crippen LogP contribution in [0.2, 0.25) is 0 Å². The van der Waals surface area contributed by atoms with Gasteiger partial charge in [-0.15, -0.1) is 0 Å². The summed E-state index contributed by atoms with van der Waals surface area (Å²) in [5.74, 6) is -1.40. The molecule has 0 aliphatic carbocycles. The maximum Gasteiger partial charge on any atom is 0.335 e. The standard InChI is InChI=1S/C15H15NO4S/c1-10-7-12(15(17)18)8-14(11(10)2)21(19,20)9-13-5-3-4-6-16-13/h3-8H,9H2,1-2H3,(H,17,18). The lowest BCUT2D eigenvalue weighted by molar-refractivity contribution is 0.0696. The van der Waals surface area contributed by atoms with Gasteiger partial charge in [-0.25, -0.2) is 13.2 Å². The number of hydrogen-bond acceptors (Lipinski definition) is 4. The van der Waals surface area contributed by atoms with Gasteiger partial charge in [-0.3, -0.25) is 4.98 Å². The van der Waals surface area contributed by atoms with Crippen molar-refractivity contribution in [3.05, 3.63) is 58.9 Å². The van der Waals surface area contributed by atoms with Gasteiger partial charge in [-0.1, -0.05) is 6.07 Å². The summed E-state index contributed by atoms with van der Waals surface area (Å²) >= 11 is 0. The SMILES string of the molecule is Cc1cc(C(=O)O)cc(S(=O)(=O)Cc2ccccn2)c1C. The first kappa shape index (κ1) is 15.2. The number of carboxylic acids is 1. The van der Waals surface area contributed by atoms with Gasteiger partial charge in [0, 0.05) is 6.20 Å². The zero-order chi connectivity index (χ0) is 15.6. The van der Waals surface area contributed by atoms with E-state index in [4.69, 9.17) is 5.11 Å². The number of hydrogen-bond donors (Lipinski definition) is 1. The lowest BCUT2D eigenvalue weighted by Crippen LogP contribution is -2.10. The highest BCUT2D eigenvalue weighted by Crippen LogP contribution is 2.24. The van der Waals surface area contributed by atoms with Gasteiger partial charge in [0.05, 0.1) is 21.9 Å². The van der Waals surface area contributed by atoms with E-state index in [-0.39, 0.29) is 16.2 Å². The van der Waals surface area contributed by atoms with E-state index in [0.717, 1.165) is 0 Å². The highest BCUT2D eigenvalue weighted by atomic mass is 32.2. The Morgan fingerprint density at radius 2 is 1.95 bits per heavy atom. The van der Waals surface area contributed by atoms with Gasteiger partial charge in [-0.05, 0) is 49.2 Å². The van der Waals surface area contributed by atoms with Crippen molar-refractivity contribution in [2.45, 2.75) is 24.5 Å². The summed E-state index contributed by atoms with van der Waals surface area (Å²) in [4.78, 5) is 15.1. The molecule has 0 saturated carbocycles. The van der Waals surface area contributed by atoms with Crippen LogP contribution in [-0.4, -0.2) is 24.5 Å². The molecule has 6 heteroatoms. The maximum absolute atomic E-state index is 12.5. The smallest absolute Gasteiger partial charge is 0.335 e. The highest BCUT2D eigenvalue weighted by Gasteiger charge is 2.21. The number of aromatic nitrogens is 1. The van der Waals surface area contributed by atoms with Crippen molar-refractivity contribution in [3.63, 3.8) is 0 Å². The van der Waals surface area contributed by atoms with Gasteiger partial charge in [0.2, 0.25) is 0 Å². The molecule has 0 spiro atoms. The van der Waals surface area contributed by atoms with Crippen LogP contribution in [-0.2, 0) is 15.6 Å². The molecule has 0 aliphatic heterocycles. The Bertz CT molecular complexity index is 783. The van der Waals surface area contributed by atoms with E-state index >= 15 is 0 Å². The molecular weight excluding hydrogens is 290 g/mol.